The number of hydrogen-bond donors (Lipinski definition) is 3. The lowest BCUT2D eigenvalue weighted by Crippen LogP contribution is -2.48. The molecular formula is C14H17N5O5. The maximum atomic E-state index is 11.3. The number of piperazine rings is 1. The van der Waals surface area contributed by atoms with Gasteiger partial charge in [-0.15, -0.1) is 0 Å². The van der Waals surface area contributed by atoms with Gasteiger partial charge in [0.1, 0.15) is 5.82 Å². The lowest BCUT2D eigenvalue weighted by atomic mass is 10.3. The third kappa shape index (κ3) is 4.18. The lowest BCUT2D eigenvalue weighted by molar-refractivity contribution is -0.140. The fourth-order valence-corrected chi connectivity index (χ4v) is 2.16. The Morgan fingerprint density at radius 3 is 2.33 bits per heavy atom. The number of carbonyl (C=O) groups is 3. The molecule has 1 saturated heterocycles. The molecule has 0 aliphatic carbocycles. The Balaban J connectivity index is 2.07. The predicted molar refractivity (Wildman–Crippen MR) is 83.5 cm³/mol. The molecule has 0 saturated carbocycles. The molecule has 24 heavy (non-hydrogen) atoms. The minimum Gasteiger partial charge on any atom is -0.477 e. The van der Waals surface area contributed by atoms with Crippen LogP contribution in [0.3, 0.4) is 0 Å². The Hall–Kier alpha value is -3.17. The van der Waals surface area contributed by atoms with Crippen LogP contribution in [-0.2, 0) is 14.4 Å². The molecule has 2 rings (SSSR count). The molecule has 1 aromatic heterocycles. The van der Waals surface area contributed by atoms with E-state index in [1.807, 2.05) is 4.90 Å². The molecule has 0 bridgehead atoms. The van der Waals surface area contributed by atoms with E-state index >= 15 is 0 Å². The summed E-state index contributed by atoms with van der Waals surface area (Å²) < 4.78 is 0. The van der Waals surface area contributed by atoms with Crippen LogP contribution in [0.4, 0.5) is 11.8 Å². The summed E-state index contributed by atoms with van der Waals surface area (Å²) in [6.45, 7) is 3.81. The molecule has 1 aliphatic heterocycles. The minimum absolute atomic E-state index is 0.0194. The molecule has 3 N–H and O–H groups in total. The monoisotopic (exact) mass is 335 g/mol. The van der Waals surface area contributed by atoms with Crippen LogP contribution in [0.5, 0.6) is 0 Å². The summed E-state index contributed by atoms with van der Waals surface area (Å²) in [4.78, 5) is 44.9. The molecule has 1 aliphatic rings. The van der Waals surface area contributed by atoms with Gasteiger partial charge in [-0.2, -0.15) is 4.98 Å². The first kappa shape index (κ1) is 17.2. The third-order valence-electron chi connectivity index (χ3n) is 3.48. The topological polar surface area (TPSA) is 136 Å². The molecule has 10 heteroatoms. The van der Waals surface area contributed by atoms with Crippen LogP contribution in [0.25, 0.3) is 0 Å². The fraction of sp³-hybridized carbons (Fsp3) is 0.357. The number of hydrogen-bond acceptors (Lipinski definition) is 7. The molecule has 10 nitrogen and oxygen atoms in total. The molecule has 0 spiro atoms. The summed E-state index contributed by atoms with van der Waals surface area (Å²) in [6.07, 6.45) is 2.35. The van der Waals surface area contributed by atoms with Crippen molar-refractivity contribution < 1.29 is 24.6 Å². The number of nitrogens with one attached hydrogen (secondary N) is 1. The van der Waals surface area contributed by atoms with E-state index in [1.165, 1.54) is 19.2 Å². The zero-order valence-corrected chi connectivity index (χ0v) is 13.0. The highest BCUT2D eigenvalue weighted by Gasteiger charge is 2.20. The fourth-order valence-electron chi connectivity index (χ4n) is 2.16. The molecule has 0 atom stereocenters. The van der Waals surface area contributed by atoms with Crippen molar-refractivity contribution in [2.75, 3.05) is 36.4 Å². The van der Waals surface area contributed by atoms with Crippen molar-refractivity contribution in [3.63, 3.8) is 0 Å². The van der Waals surface area contributed by atoms with E-state index in [0.29, 0.717) is 32.1 Å². The smallest absolute Gasteiger partial charge is 0.344 e. The normalized spacial score (nSPS) is 14.0. The number of nitrogens with zero attached hydrogens (tertiary/aromatic N) is 4. The second kappa shape index (κ2) is 7.40. The summed E-state index contributed by atoms with van der Waals surface area (Å²) in [6, 6.07) is 1.49. The van der Waals surface area contributed by atoms with Crippen molar-refractivity contribution in [1.29, 1.82) is 0 Å². The van der Waals surface area contributed by atoms with Crippen LogP contribution < -0.4 is 10.2 Å². The Kier molecular flexibility index (Phi) is 5.30. The van der Waals surface area contributed by atoms with Crippen molar-refractivity contribution in [1.82, 2.24) is 14.9 Å². The van der Waals surface area contributed by atoms with E-state index in [0.717, 1.165) is 6.20 Å². The van der Waals surface area contributed by atoms with Gasteiger partial charge in [0, 0.05) is 45.5 Å². The van der Waals surface area contributed by atoms with Gasteiger partial charge in [0.05, 0.1) is 0 Å². The maximum Gasteiger partial charge on any atom is 0.344 e. The minimum atomic E-state index is -1.55. The van der Waals surface area contributed by atoms with E-state index in [1.54, 1.807) is 4.90 Å². The summed E-state index contributed by atoms with van der Waals surface area (Å²) in [5, 5.41) is 20.1. The summed E-state index contributed by atoms with van der Waals surface area (Å²) in [5.74, 6) is -2.39. The van der Waals surface area contributed by atoms with Gasteiger partial charge in [0.25, 0.3) is 0 Å². The first-order valence-electron chi connectivity index (χ1n) is 7.15. The SMILES string of the molecule is CC(=O)N1CCN(c2nccc(NC=C(C(=O)O)C(=O)O)n2)CC1. The molecule has 128 valence electrons. The summed E-state index contributed by atoms with van der Waals surface area (Å²) >= 11 is 0. The molecule has 0 radical (unpaired) electrons. The van der Waals surface area contributed by atoms with Crippen molar-refractivity contribution in [2.24, 2.45) is 0 Å². The first-order chi connectivity index (χ1) is 11.4. The third-order valence-corrected chi connectivity index (χ3v) is 3.48. The quantitative estimate of drug-likeness (QED) is 0.373. The summed E-state index contributed by atoms with van der Waals surface area (Å²) in [5.41, 5.74) is -0.801. The van der Waals surface area contributed by atoms with Gasteiger partial charge in [0.15, 0.2) is 5.57 Å². The summed E-state index contributed by atoms with van der Waals surface area (Å²) in [7, 11) is 0. The van der Waals surface area contributed by atoms with Crippen LogP contribution in [0.1, 0.15) is 6.92 Å². The van der Waals surface area contributed by atoms with Crippen LogP contribution in [0.2, 0.25) is 0 Å². The van der Waals surface area contributed by atoms with E-state index in [-0.39, 0.29) is 11.7 Å². The molecular weight excluding hydrogens is 318 g/mol. The van der Waals surface area contributed by atoms with Crippen LogP contribution >= 0.6 is 0 Å². The van der Waals surface area contributed by atoms with Crippen LogP contribution in [-0.4, -0.2) is 69.1 Å². The van der Waals surface area contributed by atoms with Gasteiger partial charge in [-0.25, -0.2) is 14.6 Å². The average molecular weight is 335 g/mol. The van der Waals surface area contributed by atoms with Gasteiger partial charge in [-0.3, -0.25) is 4.79 Å². The number of aliphatic carboxylic acids is 2. The van der Waals surface area contributed by atoms with Crippen LogP contribution in [0, 0.1) is 0 Å². The Labute approximate surface area is 137 Å². The van der Waals surface area contributed by atoms with Gasteiger partial charge < -0.3 is 25.3 Å². The zero-order valence-electron chi connectivity index (χ0n) is 13.0. The number of rotatable bonds is 5. The molecule has 1 fully saturated rings. The van der Waals surface area contributed by atoms with Gasteiger partial charge in [0.2, 0.25) is 11.9 Å². The number of amides is 1. The molecule has 2 heterocycles. The second-order valence-electron chi connectivity index (χ2n) is 5.05. The van der Waals surface area contributed by atoms with Crippen molar-refractivity contribution in [2.45, 2.75) is 6.92 Å². The van der Waals surface area contributed by atoms with Crippen molar-refractivity contribution in [3.8, 4) is 0 Å². The molecule has 1 amide bonds. The van der Waals surface area contributed by atoms with Crippen LogP contribution in [0.15, 0.2) is 24.0 Å². The van der Waals surface area contributed by atoms with Gasteiger partial charge >= 0.3 is 11.9 Å². The predicted octanol–water partition coefficient (Wildman–Crippen LogP) is -0.390. The van der Waals surface area contributed by atoms with E-state index in [2.05, 4.69) is 15.3 Å². The highest BCUT2D eigenvalue weighted by Crippen LogP contribution is 2.14. The Bertz CT molecular complexity index is 666. The Morgan fingerprint density at radius 1 is 1.17 bits per heavy atom. The standard InChI is InChI=1S/C14H17N5O5/c1-9(20)18-4-6-19(7-5-18)14-15-3-2-11(17-14)16-8-10(12(21)22)13(23)24/h2-3,8H,4-7H2,1H3,(H,21,22)(H,23,24)(H,15,16,17). The molecule has 1 aromatic rings. The van der Waals surface area contributed by atoms with Crippen molar-refractivity contribution >= 4 is 29.6 Å². The highest BCUT2D eigenvalue weighted by molar-refractivity contribution is 6.12. The number of carbonyl (C=O) groups excluding carboxylic acids is 1. The largest absolute Gasteiger partial charge is 0.477 e. The second-order valence-corrected chi connectivity index (χ2v) is 5.05. The van der Waals surface area contributed by atoms with Gasteiger partial charge in [-0.1, -0.05) is 0 Å². The number of carboxylic acids is 2. The lowest BCUT2D eigenvalue weighted by Gasteiger charge is -2.34. The van der Waals surface area contributed by atoms with Gasteiger partial charge in [-0.05, 0) is 6.07 Å². The number of anilines is 2. The average Bonchev–Trinajstić information content (AvgIpc) is 2.54. The Morgan fingerprint density at radius 2 is 1.79 bits per heavy atom. The van der Waals surface area contributed by atoms with E-state index in [9.17, 15) is 14.4 Å². The van der Waals surface area contributed by atoms with Crippen molar-refractivity contribution in [3.05, 3.63) is 24.0 Å². The first-order valence-corrected chi connectivity index (χ1v) is 7.15. The molecule has 0 aromatic carbocycles. The maximum absolute atomic E-state index is 11.3. The number of carboxylic acid groups (broad SMARTS) is 2. The highest BCUT2D eigenvalue weighted by atomic mass is 16.4. The molecule has 0 unspecified atom stereocenters. The van der Waals surface area contributed by atoms with E-state index in [4.69, 9.17) is 10.2 Å². The number of aromatic nitrogens is 2. The van der Waals surface area contributed by atoms with E-state index < -0.39 is 17.5 Å². The zero-order chi connectivity index (χ0) is 17.7.